The van der Waals surface area contributed by atoms with Crippen LogP contribution in [-0.4, -0.2) is 34.6 Å². The normalized spacial score (nSPS) is 20.6. The van der Waals surface area contributed by atoms with E-state index >= 15 is 0 Å². The lowest BCUT2D eigenvalue weighted by molar-refractivity contribution is -0.0312. The molecule has 1 atom stereocenters. The molecular weight excluding hydrogens is 231 g/mol. The van der Waals surface area contributed by atoms with Gasteiger partial charge in [-0.3, -0.25) is 4.90 Å². The Bertz CT molecular complexity index is 391. The smallest absolute Gasteiger partial charge is 0.213 e. The molecule has 0 amide bonds. The number of rotatable bonds is 5. The van der Waals surface area contributed by atoms with Crippen LogP contribution in [0.15, 0.2) is 18.3 Å². The van der Waals surface area contributed by atoms with Gasteiger partial charge in [-0.1, -0.05) is 6.92 Å². The predicted molar refractivity (Wildman–Crippen MR) is 69.2 cm³/mol. The van der Waals surface area contributed by atoms with Crippen molar-refractivity contribution in [2.45, 2.75) is 45.2 Å². The van der Waals surface area contributed by atoms with Gasteiger partial charge in [0.15, 0.2) is 0 Å². The van der Waals surface area contributed by atoms with Crippen LogP contribution in [0.25, 0.3) is 0 Å². The zero-order valence-corrected chi connectivity index (χ0v) is 11.3. The van der Waals surface area contributed by atoms with Crippen molar-refractivity contribution < 1.29 is 9.13 Å². The zero-order valence-electron chi connectivity index (χ0n) is 11.3. The Morgan fingerprint density at radius 2 is 2.28 bits per heavy atom. The minimum atomic E-state index is -0.472. The molecule has 0 bridgehead atoms. The summed E-state index contributed by atoms with van der Waals surface area (Å²) in [5.41, 5.74) is 0.229. The summed E-state index contributed by atoms with van der Waals surface area (Å²) in [5, 5.41) is 0. The summed E-state index contributed by atoms with van der Waals surface area (Å²) in [7, 11) is 0. The van der Waals surface area contributed by atoms with Gasteiger partial charge in [-0.05, 0) is 38.8 Å². The van der Waals surface area contributed by atoms with Gasteiger partial charge in [-0.2, -0.15) is 4.39 Å². The van der Waals surface area contributed by atoms with E-state index in [4.69, 9.17) is 4.74 Å². The van der Waals surface area contributed by atoms with E-state index in [0.29, 0.717) is 18.4 Å². The van der Waals surface area contributed by atoms with Gasteiger partial charge in [0.05, 0.1) is 6.20 Å². The maximum absolute atomic E-state index is 12.7. The lowest BCUT2D eigenvalue weighted by Crippen LogP contribution is -2.60. The number of nitrogens with zero attached hydrogens (tertiary/aromatic N) is 2. The topological polar surface area (TPSA) is 25.4 Å². The Morgan fingerprint density at radius 1 is 1.50 bits per heavy atom. The fourth-order valence-electron chi connectivity index (χ4n) is 2.25. The molecule has 0 saturated carbocycles. The maximum atomic E-state index is 12.7. The molecule has 0 unspecified atom stereocenters. The number of hydrogen-bond donors (Lipinski definition) is 0. The molecule has 2 heterocycles. The molecule has 18 heavy (non-hydrogen) atoms. The average Bonchev–Trinajstić information content (AvgIpc) is 2.30. The summed E-state index contributed by atoms with van der Waals surface area (Å²) in [6.07, 6.45) is 3.73. The van der Waals surface area contributed by atoms with E-state index in [9.17, 15) is 4.39 Å². The quantitative estimate of drug-likeness (QED) is 0.753. The Kier molecular flexibility index (Phi) is 3.85. The van der Waals surface area contributed by atoms with Gasteiger partial charge >= 0.3 is 0 Å². The molecule has 0 radical (unpaired) electrons. The third-order valence-electron chi connectivity index (χ3n) is 3.93. The highest BCUT2D eigenvalue weighted by Crippen LogP contribution is 2.30. The predicted octanol–water partition coefficient (Wildman–Crippen LogP) is 2.86. The molecule has 1 aromatic rings. The molecule has 1 aliphatic heterocycles. The summed E-state index contributed by atoms with van der Waals surface area (Å²) in [5.74, 6) is 0.164. The van der Waals surface area contributed by atoms with Crippen LogP contribution < -0.4 is 4.74 Å². The number of likely N-dealkylation sites (tertiary alicyclic amines) is 1. The Hall–Kier alpha value is -1.16. The van der Waals surface area contributed by atoms with Crippen LogP contribution in [0.2, 0.25) is 0 Å². The number of hydrogen-bond acceptors (Lipinski definition) is 3. The minimum absolute atomic E-state index is 0.229. The van der Waals surface area contributed by atoms with Crippen LogP contribution in [0.1, 0.15) is 33.6 Å². The summed E-state index contributed by atoms with van der Waals surface area (Å²) in [6.45, 7) is 8.52. The zero-order chi connectivity index (χ0) is 13.2. The SMILES string of the molecule is CCC(C)(C)N1CC[C@@H]1COc1ccc(F)nc1. The number of ether oxygens (including phenoxy) is 1. The van der Waals surface area contributed by atoms with Crippen molar-refractivity contribution >= 4 is 0 Å². The first-order valence-electron chi connectivity index (χ1n) is 6.54. The summed E-state index contributed by atoms with van der Waals surface area (Å²) in [4.78, 5) is 6.06. The van der Waals surface area contributed by atoms with Gasteiger partial charge in [-0.25, -0.2) is 4.98 Å². The van der Waals surface area contributed by atoms with Crippen LogP contribution >= 0.6 is 0 Å². The van der Waals surface area contributed by atoms with E-state index in [-0.39, 0.29) is 5.54 Å². The van der Waals surface area contributed by atoms with Gasteiger partial charge in [-0.15, -0.1) is 0 Å². The van der Waals surface area contributed by atoms with Crippen molar-refractivity contribution in [3.05, 3.63) is 24.3 Å². The highest BCUT2D eigenvalue weighted by atomic mass is 19.1. The van der Waals surface area contributed by atoms with E-state index in [1.807, 2.05) is 0 Å². The van der Waals surface area contributed by atoms with E-state index < -0.39 is 5.95 Å². The van der Waals surface area contributed by atoms with Crippen molar-refractivity contribution in [2.75, 3.05) is 13.2 Å². The van der Waals surface area contributed by atoms with Gasteiger partial charge in [0.1, 0.15) is 12.4 Å². The number of halogens is 1. The van der Waals surface area contributed by atoms with Crippen molar-refractivity contribution in [1.29, 1.82) is 0 Å². The van der Waals surface area contributed by atoms with Crippen molar-refractivity contribution in [2.24, 2.45) is 0 Å². The van der Waals surface area contributed by atoms with Gasteiger partial charge in [0, 0.05) is 18.1 Å². The molecule has 0 spiro atoms. The van der Waals surface area contributed by atoms with E-state index in [2.05, 4.69) is 30.7 Å². The first kappa shape index (κ1) is 13.3. The molecule has 4 heteroatoms. The monoisotopic (exact) mass is 252 g/mol. The summed E-state index contributed by atoms with van der Waals surface area (Å²) < 4.78 is 18.3. The fraction of sp³-hybridized carbons (Fsp3) is 0.643. The molecule has 2 rings (SSSR count). The molecule has 0 aromatic carbocycles. The number of pyridine rings is 1. The van der Waals surface area contributed by atoms with E-state index in [1.54, 1.807) is 6.07 Å². The molecule has 1 saturated heterocycles. The summed E-state index contributed by atoms with van der Waals surface area (Å²) >= 11 is 0. The standard InChI is InChI=1S/C14H21FN2O/c1-4-14(2,3)17-8-7-11(17)10-18-12-5-6-13(15)16-9-12/h5-6,9,11H,4,7-8,10H2,1-3H3/t11-/m1/s1. The maximum Gasteiger partial charge on any atom is 0.213 e. The van der Waals surface area contributed by atoms with Crippen molar-refractivity contribution in [1.82, 2.24) is 9.88 Å². The first-order chi connectivity index (χ1) is 8.53. The van der Waals surface area contributed by atoms with Crippen molar-refractivity contribution in [3.63, 3.8) is 0 Å². The largest absolute Gasteiger partial charge is 0.490 e. The molecule has 1 aliphatic rings. The van der Waals surface area contributed by atoms with Crippen LogP contribution in [0.3, 0.4) is 0 Å². The fourth-order valence-corrected chi connectivity index (χ4v) is 2.25. The lowest BCUT2D eigenvalue weighted by atomic mass is 9.90. The van der Waals surface area contributed by atoms with Gasteiger partial charge < -0.3 is 4.74 Å². The second kappa shape index (κ2) is 5.22. The van der Waals surface area contributed by atoms with Gasteiger partial charge in [0.2, 0.25) is 5.95 Å². The highest BCUT2D eigenvalue weighted by molar-refractivity contribution is 5.16. The molecule has 0 N–H and O–H groups in total. The molecule has 1 fully saturated rings. The van der Waals surface area contributed by atoms with E-state index in [1.165, 1.54) is 12.3 Å². The Labute approximate surface area is 108 Å². The second-order valence-electron chi connectivity index (χ2n) is 5.43. The third kappa shape index (κ3) is 2.80. The van der Waals surface area contributed by atoms with Crippen LogP contribution in [-0.2, 0) is 0 Å². The summed E-state index contributed by atoms with van der Waals surface area (Å²) in [6, 6.07) is 3.41. The average molecular weight is 252 g/mol. The second-order valence-corrected chi connectivity index (χ2v) is 5.43. The van der Waals surface area contributed by atoms with E-state index in [0.717, 1.165) is 19.4 Å². The molecule has 1 aromatic heterocycles. The van der Waals surface area contributed by atoms with Crippen LogP contribution in [0.4, 0.5) is 4.39 Å². The molecular formula is C14H21FN2O. The third-order valence-corrected chi connectivity index (χ3v) is 3.93. The number of aromatic nitrogens is 1. The van der Waals surface area contributed by atoms with Gasteiger partial charge in [0.25, 0.3) is 0 Å². The molecule has 0 aliphatic carbocycles. The molecule has 3 nitrogen and oxygen atoms in total. The first-order valence-corrected chi connectivity index (χ1v) is 6.54. The van der Waals surface area contributed by atoms with Crippen LogP contribution in [0, 0.1) is 5.95 Å². The lowest BCUT2D eigenvalue weighted by Gasteiger charge is -2.50. The minimum Gasteiger partial charge on any atom is -0.490 e. The Balaban J connectivity index is 1.86. The highest BCUT2D eigenvalue weighted by Gasteiger charge is 2.37. The Morgan fingerprint density at radius 3 is 2.78 bits per heavy atom. The van der Waals surface area contributed by atoms with Crippen molar-refractivity contribution in [3.8, 4) is 5.75 Å². The van der Waals surface area contributed by atoms with Crippen LogP contribution in [0.5, 0.6) is 5.75 Å². The molecule has 100 valence electrons.